The van der Waals surface area contributed by atoms with Gasteiger partial charge in [0.05, 0.1) is 5.52 Å². The number of amides is 1. The van der Waals surface area contributed by atoms with Crippen LogP contribution in [0.25, 0.3) is 10.9 Å². The van der Waals surface area contributed by atoms with Gasteiger partial charge >= 0.3 is 0 Å². The highest BCUT2D eigenvalue weighted by Gasteiger charge is 2.09. The number of rotatable bonds is 2. The molecule has 0 bridgehead atoms. The number of hydrogen-bond acceptors (Lipinski definition) is 3. The van der Waals surface area contributed by atoms with Gasteiger partial charge in [0.1, 0.15) is 11.5 Å². The molecular formula is C15H10IN3O. The molecule has 4 nitrogen and oxygen atoms in total. The van der Waals surface area contributed by atoms with Gasteiger partial charge < -0.3 is 5.32 Å². The van der Waals surface area contributed by atoms with Gasteiger partial charge in [-0.05, 0) is 46.9 Å². The van der Waals surface area contributed by atoms with Crippen LogP contribution in [0.1, 0.15) is 10.5 Å². The Hall–Kier alpha value is -2.02. The molecule has 1 amide bonds. The number of hydrogen-bond donors (Lipinski definition) is 1. The second-order valence-electron chi connectivity index (χ2n) is 4.20. The number of pyridine rings is 2. The van der Waals surface area contributed by atoms with E-state index >= 15 is 0 Å². The minimum Gasteiger partial charge on any atom is -0.305 e. The van der Waals surface area contributed by atoms with Gasteiger partial charge in [-0.25, -0.2) is 9.97 Å². The predicted octanol–water partition coefficient (Wildman–Crippen LogP) is 3.49. The number of carbonyl (C=O) groups excluding carboxylic acids is 1. The smallest absolute Gasteiger partial charge is 0.275 e. The predicted molar refractivity (Wildman–Crippen MR) is 86.7 cm³/mol. The first-order valence-corrected chi connectivity index (χ1v) is 7.09. The average Bonchev–Trinajstić information content (AvgIpc) is 2.49. The Morgan fingerprint density at radius 2 is 1.90 bits per heavy atom. The lowest BCUT2D eigenvalue weighted by atomic mass is 10.2. The largest absolute Gasteiger partial charge is 0.305 e. The van der Waals surface area contributed by atoms with Crippen LogP contribution in [0.3, 0.4) is 0 Å². The molecule has 0 aliphatic heterocycles. The highest BCUT2D eigenvalue weighted by atomic mass is 127. The molecule has 0 spiro atoms. The molecule has 0 unspecified atom stereocenters. The van der Waals surface area contributed by atoms with Crippen molar-refractivity contribution < 1.29 is 4.79 Å². The van der Waals surface area contributed by atoms with Crippen LogP contribution in [0, 0.1) is 3.57 Å². The van der Waals surface area contributed by atoms with Gasteiger partial charge in [-0.3, -0.25) is 4.79 Å². The van der Waals surface area contributed by atoms with Crippen molar-refractivity contribution in [2.75, 3.05) is 5.32 Å². The number of benzene rings is 1. The molecule has 98 valence electrons. The lowest BCUT2D eigenvalue weighted by molar-refractivity contribution is 0.102. The van der Waals surface area contributed by atoms with Gasteiger partial charge in [0.15, 0.2) is 0 Å². The summed E-state index contributed by atoms with van der Waals surface area (Å²) < 4.78 is 1.02. The zero-order chi connectivity index (χ0) is 13.9. The van der Waals surface area contributed by atoms with Crippen molar-refractivity contribution in [1.82, 2.24) is 9.97 Å². The Morgan fingerprint density at radius 3 is 2.70 bits per heavy atom. The fourth-order valence-corrected chi connectivity index (χ4v) is 2.14. The summed E-state index contributed by atoms with van der Waals surface area (Å²) in [6, 6.07) is 14.9. The monoisotopic (exact) mass is 375 g/mol. The van der Waals surface area contributed by atoms with Crippen molar-refractivity contribution >= 4 is 45.2 Å². The minimum absolute atomic E-state index is 0.260. The molecule has 2 heterocycles. The van der Waals surface area contributed by atoms with Gasteiger partial charge in [0.25, 0.3) is 5.91 Å². The first-order valence-electron chi connectivity index (χ1n) is 6.01. The standard InChI is InChI=1S/C15H10IN3O/c16-11-6-8-14(17-9-11)19-15(20)13-7-5-10-3-1-2-4-12(10)18-13/h1-9H,(H,17,19,20). The molecule has 3 aromatic rings. The second kappa shape index (κ2) is 5.54. The fourth-order valence-electron chi connectivity index (χ4n) is 1.82. The number of anilines is 1. The molecule has 5 heteroatoms. The van der Waals surface area contributed by atoms with Crippen LogP contribution < -0.4 is 5.32 Å². The van der Waals surface area contributed by atoms with Gasteiger partial charge in [-0.1, -0.05) is 24.3 Å². The van der Waals surface area contributed by atoms with Crippen LogP contribution in [0.4, 0.5) is 5.82 Å². The summed E-state index contributed by atoms with van der Waals surface area (Å²) >= 11 is 2.16. The molecule has 0 aliphatic rings. The van der Waals surface area contributed by atoms with Crippen LogP contribution in [-0.2, 0) is 0 Å². The SMILES string of the molecule is O=C(Nc1ccc(I)cn1)c1ccc2ccccc2n1. The highest BCUT2D eigenvalue weighted by molar-refractivity contribution is 14.1. The van der Waals surface area contributed by atoms with Crippen LogP contribution in [0.15, 0.2) is 54.7 Å². The van der Waals surface area contributed by atoms with Crippen molar-refractivity contribution in [1.29, 1.82) is 0 Å². The summed E-state index contributed by atoms with van der Waals surface area (Å²) in [5.74, 6) is 0.259. The summed E-state index contributed by atoms with van der Waals surface area (Å²) in [7, 11) is 0. The maximum atomic E-state index is 12.1. The summed E-state index contributed by atoms with van der Waals surface area (Å²) in [6.45, 7) is 0. The Kier molecular flexibility index (Phi) is 3.60. The van der Waals surface area contributed by atoms with Gasteiger partial charge in [-0.15, -0.1) is 0 Å². The zero-order valence-electron chi connectivity index (χ0n) is 10.4. The summed E-state index contributed by atoms with van der Waals surface area (Å²) in [5.41, 5.74) is 1.18. The van der Waals surface area contributed by atoms with Crippen molar-refractivity contribution in [3.8, 4) is 0 Å². The minimum atomic E-state index is -0.260. The third-order valence-electron chi connectivity index (χ3n) is 2.80. The van der Waals surface area contributed by atoms with E-state index < -0.39 is 0 Å². The Bertz CT molecular complexity index is 771. The summed E-state index contributed by atoms with van der Waals surface area (Å²) in [5, 5.41) is 3.74. The Balaban J connectivity index is 1.86. The van der Waals surface area contributed by atoms with Gasteiger partial charge in [0.2, 0.25) is 0 Å². The number of aromatic nitrogens is 2. The van der Waals surface area contributed by atoms with Crippen molar-refractivity contribution in [2.45, 2.75) is 0 Å². The highest BCUT2D eigenvalue weighted by Crippen LogP contribution is 2.13. The Morgan fingerprint density at radius 1 is 1.05 bits per heavy atom. The number of fused-ring (bicyclic) bond motifs is 1. The van der Waals surface area contributed by atoms with Crippen molar-refractivity contribution in [2.24, 2.45) is 0 Å². The lowest BCUT2D eigenvalue weighted by Gasteiger charge is -2.05. The van der Waals surface area contributed by atoms with Crippen molar-refractivity contribution in [3.05, 3.63) is 64.0 Å². The van der Waals surface area contributed by atoms with Crippen LogP contribution >= 0.6 is 22.6 Å². The second-order valence-corrected chi connectivity index (χ2v) is 5.45. The molecule has 2 aromatic heterocycles. The molecule has 0 fully saturated rings. The van der Waals surface area contributed by atoms with Crippen LogP contribution in [-0.4, -0.2) is 15.9 Å². The van der Waals surface area contributed by atoms with E-state index in [1.165, 1.54) is 0 Å². The molecule has 0 aliphatic carbocycles. The van der Waals surface area contributed by atoms with Crippen molar-refractivity contribution in [3.63, 3.8) is 0 Å². The molecule has 1 aromatic carbocycles. The number of para-hydroxylation sites is 1. The molecule has 0 radical (unpaired) electrons. The van der Waals surface area contributed by atoms with Crippen LogP contribution in [0.2, 0.25) is 0 Å². The van der Waals surface area contributed by atoms with E-state index in [1.54, 1.807) is 18.3 Å². The van der Waals surface area contributed by atoms with E-state index in [4.69, 9.17) is 0 Å². The third-order valence-corrected chi connectivity index (χ3v) is 3.44. The van der Waals surface area contributed by atoms with Gasteiger partial charge in [-0.2, -0.15) is 0 Å². The van der Waals surface area contributed by atoms with Crippen LogP contribution in [0.5, 0.6) is 0 Å². The normalized spacial score (nSPS) is 10.4. The number of halogens is 1. The molecule has 0 saturated carbocycles. The molecule has 20 heavy (non-hydrogen) atoms. The number of nitrogens with zero attached hydrogens (tertiary/aromatic N) is 2. The van der Waals surface area contributed by atoms with E-state index in [1.807, 2.05) is 36.4 Å². The topological polar surface area (TPSA) is 54.9 Å². The molecule has 0 atom stereocenters. The molecular weight excluding hydrogens is 365 g/mol. The first kappa shape index (κ1) is 13.0. The Labute approximate surface area is 129 Å². The van der Waals surface area contributed by atoms with E-state index in [9.17, 15) is 4.79 Å². The molecule has 3 rings (SSSR count). The van der Waals surface area contributed by atoms with E-state index in [0.29, 0.717) is 11.5 Å². The average molecular weight is 375 g/mol. The third kappa shape index (κ3) is 2.77. The molecule has 1 N–H and O–H groups in total. The zero-order valence-corrected chi connectivity index (χ0v) is 12.5. The lowest BCUT2D eigenvalue weighted by Crippen LogP contribution is -2.14. The molecule has 0 saturated heterocycles. The maximum absolute atomic E-state index is 12.1. The van der Waals surface area contributed by atoms with Gasteiger partial charge in [0, 0.05) is 15.2 Å². The fraction of sp³-hybridized carbons (Fsp3) is 0. The maximum Gasteiger partial charge on any atom is 0.275 e. The summed E-state index contributed by atoms with van der Waals surface area (Å²) in [4.78, 5) is 20.6. The van der Waals surface area contributed by atoms with E-state index in [-0.39, 0.29) is 5.91 Å². The van der Waals surface area contributed by atoms with E-state index in [2.05, 4.69) is 37.9 Å². The number of carbonyl (C=O) groups is 1. The summed E-state index contributed by atoms with van der Waals surface area (Å²) in [6.07, 6.45) is 1.70. The number of nitrogens with one attached hydrogen (secondary N) is 1. The first-order chi connectivity index (χ1) is 9.72. The quantitative estimate of drug-likeness (QED) is 0.698. The van der Waals surface area contributed by atoms with E-state index in [0.717, 1.165) is 14.5 Å².